The van der Waals surface area contributed by atoms with Gasteiger partial charge in [0.15, 0.2) is 5.17 Å². The van der Waals surface area contributed by atoms with E-state index in [4.69, 9.17) is 4.74 Å². The Hall–Kier alpha value is -3.01. The van der Waals surface area contributed by atoms with Crippen molar-refractivity contribution >= 4 is 34.4 Å². The zero-order valence-corrected chi connectivity index (χ0v) is 17.4. The molecular formula is C21H20F3N3O3S. The van der Waals surface area contributed by atoms with Gasteiger partial charge >= 0.3 is 6.18 Å². The number of rotatable bonds is 7. The third-order valence-electron chi connectivity index (χ3n) is 4.46. The lowest BCUT2D eigenvalue weighted by molar-refractivity contribution is -0.137. The summed E-state index contributed by atoms with van der Waals surface area (Å²) in [6.07, 6.45) is -3.95. The molecule has 0 fully saturated rings. The Kier molecular flexibility index (Phi) is 7.21. The predicted molar refractivity (Wildman–Crippen MR) is 113 cm³/mol. The van der Waals surface area contributed by atoms with Crippen LogP contribution in [0.2, 0.25) is 0 Å². The molecule has 1 aliphatic rings. The molecule has 164 valence electrons. The van der Waals surface area contributed by atoms with Gasteiger partial charge in [-0.3, -0.25) is 9.59 Å². The summed E-state index contributed by atoms with van der Waals surface area (Å²) in [6, 6.07) is 12.0. The number of alkyl halides is 3. The molecule has 31 heavy (non-hydrogen) atoms. The first-order valence-electron chi connectivity index (χ1n) is 9.35. The van der Waals surface area contributed by atoms with Gasteiger partial charge in [-0.2, -0.15) is 18.2 Å². The Morgan fingerprint density at radius 1 is 1.23 bits per heavy atom. The fourth-order valence-corrected chi connectivity index (χ4v) is 3.70. The van der Waals surface area contributed by atoms with Gasteiger partial charge in [0.05, 0.1) is 18.4 Å². The first kappa shape index (κ1) is 22.7. The fourth-order valence-electron chi connectivity index (χ4n) is 2.89. The highest BCUT2D eigenvalue weighted by atomic mass is 32.2. The number of carbonyl (C=O) groups excluding carboxylic acids is 2. The number of aliphatic imine (C=N–C) groups is 1. The van der Waals surface area contributed by atoms with E-state index in [9.17, 15) is 22.8 Å². The van der Waals surface area contributed by atoms with Gasteiger partial charge in [-0.25, -0.2) is 0 Å². The largest absolute Gasteiger partial charge is 0.497 e. The predicted octanol–water partition coefficient (Wildman–Crippen LogP) is 3.51. The van der Waals surface area contributed by atoms with E-state index in [0.717, 1.165) is 35.2 Å². The molecule has 3 rings (SSSR count). The molecule has 2 aromatic rings. The number of thioether (sulfide) groups is 1. The van der Waals surface area contributed by atoms with Gasteiger partial charge in [-0.15, -0.1) is 0 Å². The third-order valence-corrected chi connectivity index (χ3v) is 5.42. The van der Waals surface area contributed by atoms with Crippen molar-refractivity contribution in [1.29, 1.82) is 0 Å². The smallest absolute Gasteiger partial charge is 0.416 e. The normalized spacial score (nSPS) is 13.7. The zero-order valence-electron chi connectivity index (χ0n) is 16.6. The van der Waals surface area contributed by atoms with Gasteiger partial charge in [-0.05, 0) is 42.3 Å². The molecule has 1 N–H and O–H groups in total. The summed E-state index contributed by atoms with van der Waals surface area (Å²) >= 11 is 1.09. The number of amides is 2. The highest BCUT2D eigenvalue weighted by molar-refractivity contribution is 8.15. The van der Waals surface area contributed by atoms with E-state index in [2.05, 4.69) is 10.3 Å². The van der Waals surface area contributed by atoms with Crippen LogP contribution in [-0.4, -0.2) is 42.9 Å². The number of ether oxygens (including phenoxy) is 1. The quantitative estimate of drug-likeness (QED) is 0.698. The number of carbonyl (C=O) groups is 2. The number of nitrogens with zero attached hydrogens (tertiary/aromatic N) is 2. The lowest BCUT2D eigenvalue weighted by atomic mass is 10.1. The van der Waals surface area contributed by atoms with E-state index in [1.54, 1.807) is 7.11 Å². The van der Waals surface area contributed by atoms with Crippen LogP contribution in [-0.2, 0) is 22.2 Å². The molecule has 1 heterocycles. The monoisotopic (exact) mass is 451 g/mol. The molecule has 0 aliphatic carbocycles. The number of benzene rings is 2. The van der Waals surface area contributed by atoms with E-state index in [-0.39, 0.29) is 23.2 Å². The Morgan fingerprint density at radius 2 is 1.97 bits per heavy atom. The van der Waals surface area contributed by atoms with Crippen molar-refractivity contribution in [3.05, 3.63) is 59.7 Å². The SMILES string of the molecule is COc1ccc(CCNC(=O)CN(C2=NC(=O)CS2)c2cccc(C(F)(F)F)c2)cc1. The zero-order chi connectivity index (χ0) is 22.4. The summed E-state index contributed by atoms with van der Waals surface area (Å²) in [7, 11) is 1.58. The lowest BCUT2D eigenvalue weighted by Crippen LogP contribution is -2.40. The fraction of sp³-hybridized carbons (Fsp3) is 0.286. The highest BCUT2D eigenvalue weighted by Gasteiger charge is 2.32. The van der Waals surface area contributed by atoms with Gasteiger partial charge in [0, 0.05) is 12.2 Å². The topological polar surface area (TPSA) is 71.0 Å². The van der Waals surface area contributed by atoms with Gasteiger partial charge in [0.25, 0.3) is 5.91 Å². The van der Waals surface area contributed by atoms with E-state index >= 15 is 0 Å². The maximum Gasteiger partial charge on any atom is 0.416 e. The Labute approximate surface area is 181 Å². The summed E-state index contributed by atoms with van der Waals surface area (Å²) < 4.78 is 44.4. The van der Waals surface area contributed by atoms with Crippen molar-refractivity contribution in [1.82, 2.24) is 5.32 Å². The van der Waals surface area contributed by atoms with Crippen molar-refractivity contribution in [2.24, 2.45) is 4.99 Å². The van der Waals surface area contributed by atoms with E-state index in [0.29, 0.717) is 13.0 Å². The molecule has 1 aliphatic heterocycles. The van der Waals surface area contributed by atoms with Gasteiger partial charge in [-0.1, -0.05) is 30.0 Å². The Bertz CT molecular complexity index is 978. The average molecular weight is 451 g/mol. The van der Waals surface area contributed by atoms with Crippen LogP contribution in [0.15, 0.2) is 53.5 Å². The number of methoxy groups -OCH3 is 1. The second-order valence-electron chi connectivity index (χ2n) is 6.66. The molecule has 2 amide bonds. The standard InChI is InChI=1S/C21H20F3N3O3S/c1-30-17-7-5-14(6-8-17)9-10-25-18(28)12-27(20-26-19(29)13-31-20)16-4-2-3-15(11-16)21(22,23)24/h2-8,11H,9-10,12-13H2,1H3,(H,25,28). The second-order valence-corrected chi connectivity index (χ2v) is 7.60. The summed E-state index contributed by atoms with van der Waals surface area (Å²) in [5.74, 6) is 0.0310. The molecule has 0 aromatic heterocycles. The average Bonchev–Trinajstić information content (AvgIpc) is 3.18. The molecule has 10 heteroatoms. The van der Waals surface area contributed by atoms with Crippen LogP contribution in [0.3, 0.4) is 0 Å². The minimum Gasteiger partial charge on any atom is -0.497 e. The molecule has 2 aromatic carbocycles. The molecule has 0 unspecified atom stereocenters. The van der Waals surface area contributed by atoms with Crippen LogP contribution in [0.4, 0.5) is 18.9 Å². The first-order chi connectivity index (χ1) is 14.8. The van der Waals surface area contributed by atoms with Crippen molar-refractivity contribution in [2.75, 3.05) is 30.9 Å². The van der Waals surface area contributed by atoms with Crippen molar-refractivity contribution < 1.29 is 27.5 Å². The lowest BCUT2D eigenvalue weighted by Gasteiger charge is -2.24. The van der Waals surface area contributed by atoms with Crippen LogP contribution in [0, 0.1) is 0 Å². The number of anilines is 1. The van der Waals surface area contributed by atoms with E-state index < -0.39 is 23.6 Å². The molecule has 6 nitrogen and oxygen atoms in total. The minimum atomic E-state index is -4.53. The molecule has 0 atom stereocenters. The van der Waals surface area contributed by atoms with Crippen molar-refractivity contribution in [2.45, 2.75) is 12.6 Å². The van der Waals surface area contributed by atoms with Crippen LogP contribution in [0.5, 0.6) is 5.75 Å². The van der Waals surface area contributed by atoms with Crippen LogP contribution >= 0.6 is 11.8 Å². The van der Waals surface area contributed by atoms with Crippen molar-refractivity contribution in [3.63, 3.8) is 0 Å². The summed E-state index contributed by atoms with van der Waals surface area (Å²) in [6.45, 7) is 0.0865. The van der Waals surface area contributed by atoms with Gasteiger partial charge in [0.1, 0.15) is 12.3 Å². The second kappa shape index (κ2) is 9.86. The summed E-state index contributed by atoms with van der Waals surface area (Å²) in [5.41, 5.74) is 0.295. The Morgan fingerprint density at radius 3 is 2.58 bits per heavy atom. The molecule has 0 radical (unpaired) electrons. The third kappa shape index (κ3) is 6.24. The number of hydrogen-bond acceptors (Lipinski definition) is 5. The molecular weight excluding hydrogens is 431 g/mol. The maximum absolute atomic E-state index is 13.1. The van der Waals surface area contributed by atoms with Crippen molar-refractivity contribution in [3.8, 4) is 5.75 Å². The number of halogens is 3. The Balaban J connectivity index is 1.68. The minimum absolute atomic E-state index is 0.0872. The maximum atomic E-state index is 13.1. The van der Waals surface area contributed by atoms with Crippen LogP contribution in [0.1, 0.15) is 11.1 Å². The molecule has 0 saturated carbocycles. The summed E-state index contributed by atoms with van der Waals surface area (Å²) in [4.78, 5) is 29.2. The molecule has 0 bridgehead atoms. The number of hydrogen-bond donors (Lipinski definition) is 1. The van der Waals surface area contributed by atoms with Crippen LogP contribution < -0.4 is 15.0 Å². The molecule has 0 spiro atoms. The van der Waals surface area contributed by atoms with Crippen LogP contribution in [0.25, 0.3) is 0 Å². The number of amidine groups is 1. The van der Waals surface area contributed by atoms with E-state index in [1.807, 2.05) is 24.3 Å². The first-order valence-corrected chi connectivity index (χ1v) is 10.3. The molecule has 0 saturated heterocycles. The number of nitrogens with one attached hydrogen (secondary N) is 1. The van der Waals surface area contributed by atoms with Gasteiger partial charge in [0.2, 0.25) is 5.91 Å². The van der Waals surface area contributed by atoms with Gasteiger partial charge < -0.3 is 15.0 Å². The highest BCUT2D eigenvalue weighted by Crippen LogP contribution is 2.32. The van der Waals surface area contributed by atoms with E-state index in [1.165, 1.54) is 17.0 Å². The summed E-state index contributed by atoms with van der Waals surface area (Å²) in [5, 5.41) is 2.96.